The summed E-state index contributed by atoms with van der Waals surface area (Å²) in [5.41, 5.74) is 14.0. The molecule has 11 rings (SSSR count). The predicted octanol–water partition coefficient (Wildman–Crippen LogP) is 13.3. The zero-order chi connectivity index (χ0) is 37.0. The molecule has 0 saturated carbocycles. The Balaban J connectivity index is 1.29. The van der Waals surface area contributed by atoms with E-state index in [2.05, 4.69) is 203 Å². The highest BCUT2D eigenvalue weighted by Gasteiger charge is 2.24. The highest BCUT2D eigenvalue weighted by atomic mass is 15.2. The van der Waals surface area contributed by atoms with E-state index in [9.17, 15) is 0 Å². The molecule has 0 atom stereocenters. The summed E-state index contributed by atoms with van der Waals surface area (Å²) in [6.45, 7) is 0. The Morgan fingerprint density at radius 3 is 1.30 bits per heavy atom. The summed E-state index contributed by atoms with van der Waals surface area (Å²) in [4.78, 5) is 10.8. The molecule has 4 heteroatoms. The van der Waals surface area contributed by atoms with Gasteiger partial charge in [0.15, 0.2) is 0 Å². The van der Waals surface area contributed by atoms with Gasteiger partial charge in [-0.1, -0.05) is 176 Å². The van der Waals surface area contributed by atoms with Crippen LogP contribution in [-0.4, -0.2) is 19.1 Å². The Labute approximate surface area is 324 Å². The standard InChI is InChI=1S/C52H34N4/c1-5-17-35(18-6-1)39-29-32-49(44(33-39)36-19-7-2-8-20-36)55-47-27-15-13-25-40(47)42-30-31-43-41-26-14-16-28-48(41)56(51(43)50(42)55)52-53-45(37-21-9-3-10-22-37)34-46(54-52)38-23-11-4-12-24-38/h1-34H. The topological polar surface area (TPSA) is 35.6 Å². The average molecular weight is 715 g/mol. The summed E-state index contributed by atoms with van der Waals surface area (Å²) in [5.74, 6) is 0.628. The van der Waals surface area contributed by atoms with Gasteiger partial charge in [-0.05, 0) is 47.0 Å². The maximum absolute atomic E-state index is 5.39. The zero-order valence-electron chi connectivity index (χ0n) is 30.4. The number of benzene rings is 8. The molecule has 3 aromatic heterocycles. The SMILES string of the molecule is c1ccc(-c2ccc(-n3c4ccccc4c4ccc5c6ccccc6n(-c6nc(-c7ccccc7)cc(-c7ccccc7)n6)c5c43)c(-c3ccccc3)c2)cc1. The molecule has 0 aliphatic carbocycles. The van der Waals surface area contributed by atoms with Crippen molar-refractivity contribution in [2.45, 2.75) is 0 Å². The number of hydrogen-bond acceptors (Lipinski definition) is 2. The molecule has 0 radical (unpaired) electrons. The van der Waals surface area contributed by atoms with E-state index in [1.807, 2.05) is 12.1 Å². The molecule has 4 nitrogen and oxygen atoms in total. The van der Waals surface area contributed by atoms with Crippen LogP contribution in [0.15, 0.2) is 206 Å². The number of para-hydroxylation sites is 2. The van der Waals surface area contributed by atoms with Gasteiger partial charge in [-0.15, -0.1) is 0 Å². The van der Waals surface area contributed by atoms with Crippen LogP contribution in [0.4, 0.5) is 0 Å². The molecule has 0 N–H and O–H groups in total. The van der Waals surface area contributed by atoms with Crippen molar-refractivity contribution in [3.05, 3.63) is 206 Å². The fourth-order valence-corrected chi connectivity index (χ4v) is 8.40. The number of nitrogens with zero attached hydrogens (tertiary/aromatic N) is 4. The molecule has 11 aromatic rings. The number of rotatable bonds is 6. The van der Waals surface area contributed by atoms with Crippen molar-refractivity contribution in [3.63, 3.8) is 0 Å². The lowest BCUT2D eigenvalue weighted by atomic mass is 9.97. The molecule has 0 aliphatic heterocycles. The molecule has 0 amide bonds. The molecular weight excluding hydrogens is 681 g/mol. The van der Waals surface area contributed by atoms with Crippen LogP contribution in [0, 0.1) is 0 Å². The van der Waals surface area contributed by atoms with Gasteiger partial charge in [-0.2, -0.15) is 0 Å². The van der Waals surface area contributed by atoms with Gasteiger partial charge >= 0.3 is 0 Å². The second-order valence-electron chi connectivity index (χ2n) is 14.2. The van der Waals surface area contributed by atoms with E-state index in [0.29, 0.717) is 5.95 Å². The van der Waals surface area contributed by atoms with Gasteiger partial charge in [-0.25, -0.2) is 9.97 Å². The minimum absolute atomic E-state index is 0.628. The van der Waals surface area contributed by atoms with E-state index < -0.39 is 0 Å². The summed E-state index contributed by atoms with van der Waals surface area (Å²) < 4.78 is 4.76. The lowest BCUT2D eigenvalue weighted by molar-refractivity contribution is 0.995. The van der Waals surface area contributed by atoms with E-state index in [0.717, 1.165) is 72.2 Å². The molecule has 0 spiro atoms. The fourth-order valence-electron chi connectivity index (χ4n) is 8.40. The molecule has 3 heterocycles. The van der Waals surface area contributed by atoms with E-state index >= 15 is 0 Å². The van der Waals surface area contributed by atoms with Crippen molar-refractivity contribution in [2.75, 3.05) is 0 Å². The Bertz CT molecular complexity index is 3160. The van der Waals surface area contributed by atoms with Crippen molar-refractivity contribution in [1.29, 1.82) is 0 Å². The first kappa shape index (κ1) is 31.9. The summed E-state index contributed by atoms with van der Waals surface area (Å²) in [6, 6.07) is 73.2. The molecule has 0 fully saturated rings. The fraction of sp³-hybridized carbons (Fsp3) is 0. The van der Waals surface area contributed by atoms with Crippen LogP contribution in [0.5, 0.6) is 0 Å². The van der Waals surface area contributed by atoms with Crippen molar-refractivity contribution >= 4 is 43.6 Å². The van der Waals surface area contributed by atoms with Gasteiger partial charge < -0.3 is 4.57 Å². The Morgan fingerprint density at radius 1 is 0.304 bits per heavy atom. The second-order valence-corrected chi connectivity index (χ2v) is 14.2. The van der Waals surface area contributed by atoms with Crippen LogP contribution in [0.3, 0.4) is 0 Å². The van der Waals surface area contributed by atoms with Gasteiger partial charge in [-0.3, -0.25) is 4.57 Å². The molecule has 56 heavy (non-hydrogen) atoms. The largest absolute Gasteiger partial charge is 0.307 e. The second kappa shape index (κ2) is 13.1. The quantitative estimate of drug-likeness (QED) is 0.172. The van der Waals surface area contributed by atoms with E-state index in [1.165, 1.54) is 21.9 Å². The summed E-state index contributed by atoms with van der Waals surface area (Å²) in [5, 5.41) is 4.66. The highest BCUT2D eigenvalue weighted by Crippen LogP contribution is 2.44. The van der Waals surface area contributed by atoms with Crippen LogP contribution in [0.2, 0.25) is 0 Å². The Morgan fingerprint density at radius 2 is 0.750 bits per heavy atom. The molecule has 262 valence electrons. The Kier molecular flexibility index (Phi) is 7.46. The summed E-state index contributed by atoms with van der Waals surface area (Å²) in [7, 11) is 0. The lowest BCUT2D eigenvalue weighted by Crippen LogP contribution is -2.05. The van der Waals surface area contributed by atoms with E-state index in [1.54, 1.807) is 0 Å². The molecule has 0 aliphatic rings. The van der Waals surface area contributed by atoms with Crippen LogP contribution >= 0.6 is 0 Å². The monoisotopic (exact) mass is 714 g/mol. The van der Waals surface area contributed by atoms with Gasteiger partial charge in [0.2, 0.25) is 5.95 Å². The third-order valence-electron chi connectivity index (χ3n) is 11.0. The minimum Gasteiger partial charge on any atom is -0.307 e. The van der Waals surface area contributed by atoms with Crippen molar-refractivity contribution in [2.24, 2.45) is 0 Å². The third-order valence-corrected chi connectivity index (χ3v) is 11.0. The number of aromatic nitrogens is 4. The third kappa shape index (κ3) is 5.15. The maximum Gasteiger partial charge on any atom is 0.235 e. The predicted molar refractivity (Wildman–Crippen MR) is 232 cm³/mol. The summed E-state index contributed by atoms with van der Waals surface area (Å²) in [6.07, 6.45) is 0. The molecular formula is C52H34N4. The summed E-state index contributed by atoms with van der Waals surface area (Å²) >= 11 is 0. The molecule has 8 aromatic carbocycles. The van der Waals surface area contributed by atoms with Crippen molar-refractivity contribution in [3.8, 4) is 56.4 Å². The van der Waals surface area contributed by atoms with Crippen LogP contribution in [-0.2, 0) is 0 Å². The molecule has 0 bridgehead atoms. The van der Waals surface area contributed by atoms with Gasteiger partial charge in [0.1, 0.15) is 0 Å². The average Bonchev–Trinajstić information content (AvgIpc) is 3.80. The normalized spacial score (nSPS) is 11.6. The number of hydrogen-bond donors (Lipinski definition) is 0. The zero-order valence-corrected chi connectivity index (χ0v) is 30.4. The van der Waals surface area contributed by atoms with Gasteiger partial charge in [0.05, 0.1) is 39.1 Å². The molecule has 0 saturated heterocycles. The number of fused-ring (bicyclic) bond motifs is 7. The smallest absolute Gasteiger partial charge is 0.235 e. The van der Waals surface area contributed by atoms with Crippen molar-refractivity contribution in [1.82, 2.24) is 19.1 Å². The van der Waals surface area contributed by atoms with Crippen LogP contribution < -0.4 is 0 Å². The highest BCUT2D eigenvalue weighted by molar-refractivity contribution is 6.24. The van der Waals surface area contributed by atoms with E-state index in [4.69, 9.17) is 9.97 Å². The minimum atomic E-state index is 0.628. The maximum atomic E-state index is 5.39. The van der Waals surface area contributed by atoms with E-state index in [-0.39, 0.29) is 0 Å². The Hall–Kier alpha value is -7.56. The van der Waals surface area contributed by atoms with Gasteiger partial charge in [0, 0.05) is 38.2 Å². The van der Waals surface area contributed by atoms with Crippen molar-refractivity contribution < 1.29 is 0 Å². The van der Waals surface area contributed by atoms with Gasteiger partial charge in [0.25, 0.3) is 0 Å². The first-order valence-corrected chi connectivity index (χ1v) is 19.0. The lowest BCUT2D eigenvalue weighted by Gasteiger charge is -2.17. The van der Waals surface area contributed by atoms with Crippen LogP contribution in [0.1, 0.15) is 0 Å². The molecule has 0 unspecified atom stereocenters. The first-order valence-electron chi connectivity index (χ1n) is 19.0. The van der Waals surface area contributed by atoms with Crippen LogP contribution in [0.25, 0.3) is 100 Å². The first-order chi connectivity index (χ1) is 27.8.